The van der Waals surface area contributed by atoms with E-state index in [1.54, 1.807) is 0 Å². The number of aromatic nitrogens is 2. The van der Waals surface area contributed by atoms with Gasteiger partial charge < -0.3 is 5.73 Å². The van der Waals surface area contributed by atoms with Crippen LogP contribution >= 0.6 is 15.9 Å². The molecule has 0 aliphatic heterocycles. The van der Waals surface area contributed by atoms with E-state index in [1.165, 1.54) is 0 Å². The van der Waals surface area contributed by atoms with Crippen molar-refractivity contribution in [1.82, 2.24) is 9.97 Å². The number of rotatable bonds is 3. The minimum atomic E-state index is 0.604. The number of nitrogens with zero attached hydrogens (tertiary/aromatic N) is 2. The molecule has 0 aliphatic carbocycles. The van der Waals surface area contributed by atoms with Gasteiger partial charge in [-0.15, -0.1) is 0 Å². The fourth-order valence-electron chi connectivity index (χ4n) is 1.44. The summed E-state index contributed by atoms with van der Waals surface area (Å²) in [6.45, 7) is 0.604. The van der Waals surface area contributed by atoms with Gasteiger partial charge in [0, 0.05) is 17.3 Å². The summed E-state index contributed by atoms with van der Waals surface area (Å²) in [5, 5.41) is 0. The van der Waals surface area contributed by atoms with Crippen LogP contribution in [0.25, 0.3) is 11.4 Å². The van der Waals surface area contributed by atoms with Crippen LogP contribution < -0.4 is 5.73 Å². The molecule has 0 bridgehead atoms. The number of hydrogen-bond donors (Lipinski definition) is 1. The van der Waals surface area contributed by atoms with E-state index in [0.29, 0.717) is 6.54 Å². The van der Waals surface area contributed by atoms with E-state index < -0.39 is 0 Å². The van der Waals surface area contributed by atoms with E-state index >= 15 is 0 Å². The summed E-state index contributed by atoms with van der Waals surface area (Å²) in [5.41, 5.74) is 7.56. The first-order valence-electron chi connectivity index (χ1n) is 5.08. The van der Waals surface area contributed by atoms with Crippen LogP contribution in [0, 0.1) is 0 Å². The first-order chi connectivity index (χ1) is 7.81. The molecule has 0 amide bonds. The van der Waals surface area contributed by atoms with Crippen molar-refractivity contribution in [3.63, 3.8) is 0 Å². The lowest BCUT2D eigenvalue weighted by Crippen LogP contribution is -2.05. The van der Waals surface area contributed by atoms with Crippen molar-refractivity contribution in [2.24, 2.45) is 5.73 Å². The number of nitrogens with two attached hydrogens (primary N) is 1. The molecule has 1 heterocycles. The lowest BCUT2D eigenvalue weighted by atomic mass is 10.2. The zero-order valence-electron chi connectivity index (χ0n) is 8.73. The second-order valence-corrected chi connectivity index (χ2v) is 4.17. The molecular formula is C12H12BrN3. The summed E-state index contributed by atoms with van der Waals surface area (Å²) in [6, 6.07) is 9.90. The fraction of sp³-hybridized carbons (Fsp3) is 0.167. The molecule has 2 aromatic rings. The number of benzene rings is 1. The standard InChI is InChI=1S/C12H12BrN3/c13-11-10(6-7-14)8-15-12(16-11)9-4-2-1-3-5-9/h1-5,8H,6-7,14H2. The third kappa shape index (κ3) is 2.46. The van der Waals surface area contributed by atoms with Crippen molar-refractivity contribution in [3.8, 4) is 11.4 Å². The molecule has 4 heteroatoms. The minimum Gasteiger partial charge on any atom is -0.330 e. The van der Waals surface area contributed by atoms with Gasteiger partial charge in [0.1, 0.15) is 4.60 Å². The predicted octanol–water partition coefficient (Wildman–Crippen LogP) is 2.41. The highest BCUT2D eigenvalue weighted by molar-refractivity contribution is 9.10. The Kier molecular flexibility index (Phi) is 3.64. The monoisotopic (exact) mass is 277 g/mol. The maximum atomic E-state index is 5.50. The Morgan fingerprint density at radius 2 is 1.94 bits per heavy atom. The number of hydrogen-bond acceptors (Lipinski definition) is 3. The van der Waals surface area contributed by atoms with Crippen molar-refractivity contribution in [2.45, 2.75) is 6.42 Å². The molecular weight excluding hydrogens is 266 g/mol. The summed E-state index contributed by atoms with van der Waals surface area (Å²) < 4.78 is 0.826. The van der Waals surface area contributed by atoms with Crippen LogP contribution in [-0.4, -0.2) is 16.5 Å². The predicted molar refractivity (Wildman–Crippen MR) is 67.9 cm³/mol. The van der Waals surface area contributed by atoms with E-state index in [9.17, 15) is 0 Å². The molecule has 0 saturated carbocycles. The largest absolute Gasteiger partial charge is 0.330 e. The minimum absolute atomic E-state index is 0.604. The molecule has 2 N–H and O–H groups in total. The second-order valence-electron chi connectivity index (χ2n) is 3.41. The summed E-state index contributed by atoms with van der Waals surface area (Å²) in [5.74, 6) is 0.730. The van der Waals surface area contributed by atoms with Crippen LogP contribution in [0.2, 0.25) is 0 Å². The van der Waals surface area contributed by atoms with Crippen molar-refractivity contribution >= 4 is 15.9 Å². The van der Waals surface area contributed by atoms with Gasteiger partial charge in [-0.25, -0.2) is 9.97 Å². The smallest absolute Gasteiger partial charge is 0.160 e. The highest BCUT2D eigenvalue weighted by atomic mass is 79.9. The maximum absolute atomic E-state index is 5.50. The van der Waals surface area contributed by atoms with Crippen molar-refractivity contribution in [2.75, 3.05) is 6.54 Å². The zero-order chi connectivity index (χ0) is 11.4. The quantitative estimate of drug-likeness (QED) is 0.877. The van der Waals surface area contributed by atoms with E-state index in [2.05, 4.69) is 25.9 Å². The average Bonchev–Trinajstić information content (AvgIpc) is 2.33. The Morgan fingerprint density at radius 3 is 2.56 bits per heavy atom. The molecule has 1 aromatic carbocycles. The van der Waals surface area contributed by atoms with Crippen LogP contribution in [0.1, 0.15) is 5.56 Å². The maximum Gasteiger partial charge on any atom is 0.160 e. The molecule has 82 valence electrons. The molecule has 3 nitrogen and oxygen atoms in total. The van der Waals surface area contributed by atoms with Gasteiger partial charge in [0.25, 0.3) is 0 Å². The lowest BCUT2D eigenvalue weighted by Gasteiger charge is -2.04. The molecule has 1 aromatic heterocycles. The average molecular weight is 278 g/mol. The van der Waals surface area contributed by atoms with Crippen molar-refractivity contribution in [3.05, 3.63) is 46.7 Å². The molecule has 0 unspecified atom stereocenters. The first kappa shape index (κ1) is 11.2. The SMILES string of the molecule is NCCc1cnc(-c2ccccc2)nc1Br. The molecule has 0 saturated heterocycles. The van der Waals surface area contributed by atoms with Crippen LogP contribution in [0.15, 0.2) is 41.1 Å². The lowest BCUT2D eigenvalue weighted by molar-refractivity contribution is 0.932. The summed E-state index contributed by atoms with van der Waals surface area (Å²) in [7, 11) is 0. The first-order valence-corrected chi connectivity index (χ1v) is 5.87. The van der Waals surface area contributed by atoms with E-state index in [1.807, 2.05) is 36.5 Å². The molecule has 16 heavy (non-hydrogen) atoms. The summed E-state index contributed by atoms with van der Waals surface area (Å²) >= 11 is 3.44. The highest BCUT2D eigenvalue weighted by Gasteiger charge is 2.05. The Hall–Kier alpha value is -1.26. The van der Waals surface area contributed by atoms with Gasteiger partial charge in [-0.05, 0) is 28.9 Å². The Morgan fingerprint density at radius 1 is 1.19 bits per heavy atom. The van der Waals surface area contributed by atoms with Crippen molar-refractivity contribution in [1.29, 1.82) is 0 Å². The third-order valence-electron chi connectivity index (χ3n) is 2.26. The van der Waals surface area contributed by atoms with Gasteiger partial charge in [-0.1, -0.05) is 30.3 Å². The Balaban J connectivity index is 2.35. The van der Waals surface area contributed by atoms with Gasteiger partial charge in [0.15, 0.2) is 5.82 Å². The number of halogens is 1. The van der Waals surface area contributed by atoms with E-state index in [-0.39, 0.29) is 0 Å². The zero-order valence-corrected chi connectivity index (χ0v) is 10.3. The highest BCUT2D eigenvalue weighted by Crippen LogP contribution is 2.19. The fourth-order valence-corrected chi connectivity index (χ4v) is 1.90. The van der Waals surface area contributed by atoms with Crippen LogP contribution in [0.5, 0.6) is 0 Å². The molecule has 0 radical (unpaired) electrons. The molecule has 0 atom stereocenters. The summed E-state index contributed by atoms with van der Waals surface area (Å²) in [6.07, 6.45) is 2.61. The van der Waals surface area contributed by atoms with Crippen LogP contribution in [-0.2, 0) is 6.42 Å². The van der Waals surface area contributed by atoms with Crippen LogP contribution in [0.4, 0.5) is 0 Å². The Labute approximate surface area is 103 Å². The molecule has 2 rings (SSSR count). The summed E-state index contributed by atoms with van der Waals surface area (Å²) in [4.78, 5) is 8.74. The van der Waals surface area contributed by atoms with Gasteiger partial charge >= 0.3 is 0 Å². The second kappa shape index (κ2) is 5.18. The van der Waals surface area contributed by atoms with Gasteiger partial charge in [0.2, 0.25) is 0 Å². The molecule has 0 aliphatic rings. The topological polar surface area (TPSA) is 51.8 Å². The van der Waals surface area contributed by atoms with Gasteiger partial charge in [0.05, 0.1) is 0 Å². The van der Waals surface area contributed by atoms with Gasteiger partial charge in [-0.2, -0.15) is 0 Å². The normalized spacial score (nSPS) is 10.4. The molecule has 0 fully saturated rings. The molecule has 0 spiro atoms. The van der Waals surface area contributed by atoms with E-state index in [4.69, 9.17) is 5.73 Å². The van der Waals surface area contributed by atoms with Crippen LogP contribution in [0.3, 0.4) is 0 Å². The Bertz CT molecular complexity index is 471. The van der Waals surface area contributed by atoms with E-state index in [0.717, 1.165) is 28.0 Å². The van der Waals surface area contributed by atoms with Crippen molar-refractivity contribution < 1.29 is 0 Å². The third-order valence-corrected chi connectivity index (χ3v) is 2.94. The van der Waals surface area contributed by atoms with Gasteiger partial charge in [-0.3, -0.25) is 0 Å².